The molecule has 2 aromatic heterocycles. The van der Waals surface area contributed by atoms with Crippen molar-refractivity contribution in [2.24, 2.45) is 11.7 Å². The molecule has 0 aliphatic carbocycles. The molecule has 2 amide bonds. The molecule has 0 bridgehead atoms. The van der Waals surface area contributed by atoms with Gasteiger partial charge in [0.25, 0.3) is 0 Å². The normalized spacial score (nSPS) is 15.6. The molecule has 0 unspecified atom stereocenters. The van der Waals surface area contributed by atoms with E-state index in [1.54, 1.807) is 11.8 Å². The predicted octanol–water partition coefficient (Wildman–Crippen LogP) is 1.99. The van der Waals surface area contributed by atoms with Crippen LogP contribution >= 0.6 is 11.8 Å². The molecule has 1 aliphatic rings. The number of fused-ring (bicyclic) bond motifs is 1. The van der Waals surface area contributed by atoms with Crippen molar-refractivity contribution < 1.29 is 9.59 Å². The van der Waals surface area contributed by atoms with Gasteiger partial charge in [-0.05, 0) is 37.3 Å². The van der Waals surface area contributed by atoms with Crippen LogP contribution in [0.25, 0.3) is 5.65 Å². The fraction of sp³-hybridized carbons (Fsp3) is 0.500. The van der Waals surface area contributed by atoms with Gasteiger partial charge in [0.15, 0.2) is 0 Å². The van der Waals surface area contributed by atoms with Crippen LogP contribution in [0.4, 0.5) is 0 Å². The van der Waals surface area contributed by atoms with Gasteiger partial charge in [-0.3, -0.25) is 9.59 Å². The second-order valence-corrected chi connectivity index (χ2v) is 7.68. The number of piperidine rings is 1. The summed E-state index contributed by atoms with van der Waals surface area (Å²) in [6, 6.07) is 4.05. The molecule has 3 rings (SSSR count). The van der Waals surface area contributed by atoms with Crippen molar-refractivity contribution in [3.8, 4) is 0 Å². The Morgan fingerprint density at radius 2 is 2.04 bits per heavy atom. The molecule has 3 heterocycles. The Balaban J connectivity index is 1.44. The van der Waals surface area contributed by atoms with Crippen LogP contribution < -0.4 is 5.73 Å². The Labute approximate surface area is 151 Å². The Kier molecular flexibility index (Phi) is 5.63. The molecular weight excluding hydrogens is 336 g/mol. The number of aromatic nitrogens is 2. The van der Waals surface area contributed by atoms with E-state index in [1.165, 1.54) is 5.56 Å². The molecule has 0 saturated carbocycles. The lowest BCUT2D eigenvalue weighted by molar-refractivity contribution is -0.129. The number of nitrogens with two attached hydrogens (primary N) is 1. The zero-order chi connectivity index (χ0) is 17.8. The Morgan fingerprint density at radius 1 is 1.28 bits per heavy atom. The summed E-state index contributed by atoms with van der Waals surface area (Å²) in [7, 11) is 0. The molecule has 1 saturated heterocycles. The number of hydrogen-bond donors (Lipinski definition) is 1. The van der Waals surface area contributed by atoms with Gasteiger partial charge < -0.3 is 15.0 Å². The number of thioether (sulfide) groups is 1. The standard InChI is InChI=1S/C18H24N4O2S/c1-13-2-3-17-20-15(10-22(17)9-13)11-25-12-18(24)21-6-4-14(5-7-21)8-16(19)23/h2-3,9-10,14H,4-8,11-12H2,1H3,(H2,19,23). The van der Waals surface area contributed by atoms with Crippen LogP contribution in [-0.4, -0.2) is 44.9 Å². The molecule has 2 aromatic rings. The third-order valence-corrected chi connectivity index (χ3v) is 5.53. The van der Waals surface area contributed by atoms with Gasteiger partial charge in [-0.15, -0.1) is 11.8 Å². The number of likely N-dealkylation sites (tertiary alicyclic amines) is 1. The van der Waals surface area contributed by atoms with E-state index in [2.05, 4.69) is 18.1 Å². The maximum atomic E-state index is 12.3. The first kappa shape index (κ1) is 17.8. The number of rotatable bonds is 6. The number of pyridine rings is 1. The topological polar surface area (TPSA) is 80.7 Å². The molecule has 134 valence electrons. The van der Waals surface area contributed by atoms with Gasteiger partial charge in [-0.1, -0.05) is 6.07 Å². The zero-order valence-electron chi connectivity index (χ0n) is 14.5. The van der Waals surface area contributed by atoms with Crippen LogP contribution in [0.1, 0.15) is 30.5 Å². The van der Waals surface area contributed by atoms with Gasteiger partial charge in [0, 0.05) is 37.7 Å². The summed E-state index contributed by atoms with van der Waals surface area (Å²) in [5.74, 6) is 1.44. The lowest BCUT2D eigenvalue weighted by atomic mass is 9.93. The SMILES string of the molecule is Cc1ccc2nc(CSCC(=O)N3CCC(CC(N)=O)CC3)cn2c1. The summed E-state index contributed by atoms with van der Waals surface area (Å²) in [6.45, 7) is 3.51. The molecule has 1 aliphatic heterocycles. The highest BCUT2D eigenvalue weighted by atomic mass is 32.2. The van der Waals surface area contributed by atoms with Crippen molar-refractivity contribution >= 4 is 29.2 Å². The minimum atomic E-state index is -0.247. The maximum Gasteiger partial charge on any atom is 0.232 e. The van der Waals surface area contributed by atoms with Crippen molar-refractivity contribution in [3.63, 3.8) is 0 Å². The fourth-order valence-electron chi connectivity index (χ4n) is 3.23. The molecule has 0 radical (unpaired) electrons. The van der Waals surface area contributed by atoms with E-state index >= 15 is 0 Å². The van der Waals surface area contributed by atoms with Crippen molar-refractivity contribution in [1.82, 2.24) is 14.3 Å². The summed E-state index contributed by atoms with van der Waals surface area (Å²) in [5, 5.41) is 0. The van der Waals surface area contributed by atoms with E-state index in [9.17, 15) is 9.59 Å². The van der Waals surface area contributed by atoms with E-state index in [-0.39, 0.29) is 11.8 Å². The minimum Gasteiger partial charge on any atom is -0.370 e. The van der Waals surface area contributed by atoms with Gasteiger partial charge in [0.05, 0.1) is 11.4 Å². The molecular formula is C18H24N4O2S. The second-order valence-electron chi connectivity index (χ2n) is 6.69. The maximum absolute atomic E-state index is 12.3. The second kappa shape index (κ2) is 7.91. The van der Waals surface area contributed by atoms with Crippen LogP contribution in [0, 0.1) is 12.8 Å². The quantitative estimate of drug-likeness (QED) is 0.854. The van der Waals surface area contributed by atoms with Crippen LogP contribution in [0.5, 0.6) is 0 Å². The lowest BCUT2D eigenvalue weighted by Crippen LogP contribution is -2.40. The minimum absolute atomic E-state index is 0.169. The van der Waals surface area contributed by atoms with Gasteiger partial charge >= 0.3 is 0 Å². The molecule has 0 aromatic carbocycles. The van der Waals surface area contributed by atoms with Gasteiger partial charge in [-0.25, -0.2) is 4.98 Å². The number of aryl methyl sites for hydroxylation is 1. The van der Waals surface area contributed by atoms with Crippen molar-refractivity contribution in [3.05, 3.63) is 35.8 Å². The van der Waals surface area contributed by atoms with E-state index < -0.39 is 0 Å². The summed E-state index contributed by atoms with van der Waals surface area (Å²) < 4.78 is 2.02. The molecule has 6 nitrogen and oxygen atoms in total. The van der Waals surface area contributed by atoms with E-state index in [0.29, 0.717) is 18.1 Å². The first-order valence-electron chi connectivity index (χ1n) is 8.59. The summed E-state index contributed by atoms with van der Waals surface area (Å²) in [4.78, 5) is 29.8. The van der Waals surface area contributed by atoms with Crippen molar-refractivity contribution in [1.29, 1.82) is 0 Å². The van der Waals surface area contributed by atoms with Crippen LogP contribution in [0.15, 0.2) is 24.5 Å². The van der Waals surface area contributed by atoms with Gasteiger partial charge in [-0.2, -0.15) is 0 Å². The average molecular weight is 360 g/mol. The zero-order valence-corrected chi connectivity index (χ0v) is 15.3. The van der Waals surface area contributed by atoms with E-state index in [0.717, 1.165) is 43.0 Å². The first-order chi connectivity index (χ1) is 12.0. The smallest absolute Gasteiger partial charge is 0.232 e. The Bertz CT molecular complexity index is 766. The summed E-state index contributed by atoms with van der Waals surface area (Å²) >= 11 is 1.60. The van der Waals surface area contributed by atoms with Crippen LogP contribution in [-0.2, 0) is 15.3 Å². The number of primary amides is 1. The van der Waals surface area contributed by atoms with E-state index in [4.69, 9.17) is 5.73 Å². The van der Waals surface area contributed by atoms with E-state index in [1.807, 2.05) is 27.6 Å². The molecule has 1 fully saturated rings. The van der Waals surface area contributed by atoms with Gasteiger partial charge in [0.2, 0.25) is 11.8 Å². The number of imidazole rings is 1. The number of hydrogen-bond acceptors (Lipinski definition) is 4. The lowest BCUT2D eigenvalue weighted by Gasteiger charge is -2.31. The molecule has 7 heteroatoms. The number of amides is 2. The number of carbonyl (C=O) groups is 2. The number of nitrogens with zero attached hydrogens (tertiary/aromatic N) is 3. The Hall–Kier alpha value is -2.02. The largest absolute Gasteiger partial charge is 0.370 e. The molecule has 0 atom stereocenters. The van der Waals surface area contributed by atoms with Crippen molar-refractivity contribution in [2.45, 2.75) is 31.9 Å². The monoisotopic (exact) mass is 360 g/mol. The highest BCUT2D eigenvalue weighted by molar-refractivity contribution is 7.99. The highest BCUT2D eigenvalue weighted by Crippen LogP contribution is 2.21. The highest BCUT2D eigenvalue weighted by Gasteiger charge is 2.23. The first-order valence-corrected chi connectivity index (χ1v) is 9.75. The van der Waals surface area contributed by atoms with Crippen molar-refractivity contribution in [2.75, 3.05) is 18.8 Å². The molecule has 0 spiro atoms. The fourth-order valence-corrected chi connectivity index (χ4v) is 4.04. The summed E-state index contributed by atoms with van der Waals surface area (Å²) in [6.07, 6.45) is 6.24. The van der Waals surface area contributed by atoms with Gasteiger partial charge in [0.1, 0.15) is 5.65 Å². The predicted molar refractivity (Wildman–Crippen MR) is 99.2 cm³/mol. The third-order valence-electron chi connectivity index (χ3n) is 4.58. The third kappa shape index (κ3) is 4.75. The number of carbonyl (C=O) groups excluding carboxylic acids is 2. The average Bonchev–Trinajstić information content (AvgIpc) is 2.96. The Morgan fingerprint density at radius 3 is 2.76 bits per heavy atom. The molecule has 2 N–H and O–H groups in total. The van der Waals surface area contributed by atoms with Crippen LogP contribution in [0.3, 0.4) is 0 Å². The summed E-state index contributed by atoms with van der Waals surface area (Å²) in [5.41, 5.74) is 8.36. The molecule has 25 heavy (non-hydrogen) atoms. The van der Waals surface area contributed by atoms with Crippen LogP contribution in [0.2, 0.25) is 0 Å².